The van der Waals surface area contributed by atoms with Crippen molar-refractivity contribution in [1.82, 2.24) is 9.78 Å². The third kappa shape index (κ3) is 6.19. The van der Waals surface area contributed by atoms with Gasteiger partial charge in [-0.15, -0.1) is 0 Å². The average Bonchev–Trinajstić information content (AvgIpc) is 2.91. The Hall–Kier alpha value is -2.90. The first kappa shape index (κ1) is 19.4. The molecule has 2 N–H and O–H groups in total. The van der Waals surface area contributed by atoms with Crippen molar-refractivity contribution >= 4 is 23.4 Å². The summed E-state index contributed by atoms with van der Waals surface area (Å²) in [6.45, 7) is 5.16. The van der Waals surface area contributed by atoms with Crippen LogP contribution in [-0.4, -0.2) is 27.4 Å². The van der Waals surface area contributed by atoms with Gasteiger partial charge in [0.15, 0.2) is 0 Å². The van der Waals surface area contributed by atoms with Gasteiger partial charge in [0.25, 0.3) is 0 Å². The van der Waals surface area contributed by atoms with Gasteiger partial charge in [-0.05, 0) is 51.0 Å². The van der Waals surface area contributed by atoms with Gasteiger partial charge in [0.05, 0.1) is 17.6 Å². The number of hydrogen-bond donors (Lipinski definition) is 2. The third-order valence-corrected chi connectivity index (χ3v) is 3.29. The Kier molecular flexibility index (Phi) is 5.97. The van der Waals surface area contributed by atoms with Crippen LogP contribution in [0, 0.1) is 5.82 Å². The van der Waals surface area contributed by atoms with Gasteiger partial charge in [0.2, 0.25) is 5.91 Å². The first-order valence-corrected chi connectivity index (χ1v) is 8.19. The molecule has 8 heteroatoms. The molecule has 0 spiro atoms. The van der Waals surface area contributed by atoms with Crippen molar-refractivity contribution < 1.29 is 18.7 Å². The molecule has 1 aromatic carbocycles. The number of hydrogen-bond acceptors (Lipinski definition) is 4. The molecule has 2 amide bonds. The Bertz CT molecular complexity index is 796. The molecule has 1 heterocycles. The van der Waals surface area contributed by atoms with Crippen molar-refractivity contribution in [3.05, 3.63) is 42.0 Å². The van der Waals surface area contributed by atoms with E-state index >= 15 is 0 Å². The molecule has 0 radical (unpaired) electrons. The zero-order valence-electron chi connectivity index (χ0n) is 15.3. The highest BCUT2D eigenvalue weighted by atomic mass is 19.1. The van der Waals surface area contributed by atoms with Crippen LogP contribution in [0.25, 0.3) is 0 Å². The minimum absolute atomic E-state index is 0.133. The number of rotatable bonds is 5. The first-order chi connectivity index (χ1) is 12.1. The van der Waals surface area contributed by atoms with Crippen molar-refractivity contribution in [3.63, 3.8) is 0 Å². The quantitative estimate of drug-likeness (QED) is 0.853. The van der Waals surface area contributed by atoms with Gasteiger partial charge in [0.1, 0.15) is 11.4 Å². The van der Waals surface area contributed by atoms with Crippen molar-refractivity contribution in [1.29, 1.82) is 0 Å². The van der Waals surface area contributed by atoms with E-state index in [0.717, 1.165) is 11.6 Å². The van der Waals surface area contributed by atoms with Crippen molar-refractivity contribution in [2.24, 2.45) is 7.05 Å². The van der Waals surface area contributed by atoms with E-state index in [4.69, 9.17) is 4.74 Å². The standard InChI is InChI=1S/C18H23FN4O3/c1-18(2,3)26-17(25)22-15-9-13(19)6-7-14(15)21-16(24)8-5-12-10-20-23(4)11-12/h6-7,9-11H,5,8H2,1-4H3,(H,21,24)(H,22,25). The summed E-state index contributed by atoms with van der Waals surface area (Å²) in [5.41, 5.74) is 0.682. The monoisotopic (exact) mass is 362 g/mol. The lowest BCUT2D eigenvalue weighted by Crippen LogP contribution is -2.27. The highest BCUT2D eigenvalue weighted by molar-refractivity contribution is 5.97. The summed E-state index contributed by atoms with van der Waals surface area (Å²) in [7, 11) is 1.80. The molecule has 0 saturated carbocycles. The second kappa shape index (κ2) is 7.99. The lowest BCUT2D eigenvalue weighted by Gasteiger charge is -2.20. The molecule has 2 rings (SSSR count). The number of benzene rings is 1. The van der Waals surface area contributed by atoms with E-state index in [9.17, 15) is 14.0 Å². The van der Waals surface area contributed by atoms with Crippen molar-refractivity contribution in [2.45, 2.75) is 39.2 Å². The van der Waals surface area contributed by atoms with Crippen LogP contribution in [-0.2, 0) is 23.0 Å². The van der Waals surface area contributed by atoms with E-state index in [2.05, 4.69) is 15.7 Å². The normalized spacial score (nSPS) is 11.1. The summed E-state index contributed by atoms with van der Waals surface area (Å²) in [6.07, 6.45) is 3.56. The van der Waals surface area contributed by atoms with Crippen LogP contribution >= 0.6 is 0 Å². The molecule has 0 bridgehead atoms. The number of aromatic nitrogens is 2. The maximum Gasteiger partial charge on any atom is 0.412 e. The zero-order chi connectivity index (χ0) is 19.3. The van der Waals surface area contributed by atoms with Gasteiger partial charge in [-0.25, -0.2) is 9.18 Å². The minimum Gasteiger partial charge on any atom is -0.444 e. The Balaban J connectivity index is 2.01. The lowest BCUT2D eigenvalue weighted by molar-refractivity contribution is -0.116. The first-order valence-electron chi connectivity index (χ1n) is 8.19. The van der Waals surface area contributed by atoms with E-state index in [0.29, 0.717) is 12.1 Å². The van der Waals surface area contributed by atoms with Crippen molar-refractivity contribution in [3.8, 4) is 0 Å². The van der Waals surface area contributed by atoms with E-state index in [1.165, 1.54) is 12.1 Å². The Morgan fingerprint density at radius 1 is 1.23 bits per heavy atom. The molecule has 2 aromatic rings. The number of nitrogens with one attached hydrogen (secondary N) is 2. The van der Waals surface area contributed by atoms with Crippen LogP contribution in [0.15, 0.2) is 30.6 Å². The third-order valence-electron chi connectivity index (χ3n) is 3.29. The molecule has 0 aliphatic heterocycles. The molecule has 0 fully saturated rings. The number of amides is 2. The molecule has 0 saturated heterocycles. The Morgan fingerprint density at radius 2 is 1.96 bits per heavy atom. The van der Waals surface area contributed by atoms with Crippen molar-refractivity contribution in [2.75, 3.05) is 10.6 Å². The molecule has 7 nitrogen and oxygen atoms in total. The number of nitrogens with zero attached hydrogens (tertiary/aromatic N) is 2. The fourth-order valence-corrected chi connectivity index (χ4v) is 2.21. The van der Waals surface area contributed by atoms with E-state index in [-0.39, 0.29) is 18.0 Å². The van der Waals surface area contributed by atoms with Crippen LogP contribution in [0.2, 0.25) is 0 Å². The van der Waals surface area contributed by atoms with Gasteiger partial charge < -0.3 is 10.1 Å². The number of carbonyl (C=O) groups is 2. The maximum absolute atomic E-state index is 13.5. The lowest BCUT2D eigenvalue weighted by atomic mass is 10.2. The van der Waals surface area contributed by atoms with Crippen LogP contribution in [0.5, 0.6) is 0 Å². The summed E-state index contributed by atoms with van der Waals surface area (Å²) in [5, 5.41) is 9.19. The summed E-state index contributed by atoms with van der Waals surface area (Å²) in [5.74, 6) is -0.794. The van der Waals surface area contributed by atoms with Gasteiger partial charge in [0, 0.05) is 19.7 Å². The Morgan fingerprint density at radius 3 is 2.58 bits per heavy atom. The molecule has 1 aromatic heterocycles. The topological polar surface area (TPSA) is 85.2 Å². The molecular weight excluding hydrogens is 339 g/mol. The van der Waals surface area contributed by atoms with Gasteiger partial charge >= 0.3 is 6.09 Å². The SMILES string of the molecule is Cn1cc(CCC(=O)Nc2ccc(F)cc2NC(=O)OC(C)(C)C)cn1. The fraction of sp³-hybridized carbons (Fsp3) is 0.389. The van der Waals surface area contributed by atoms with Crippen LogP contribution in [0.4, 0.5) is 20.6 Å². The zero-order valence-corrected chi connectivity index (χ0v) is 15.3. The maximum atomic E-state index is 13.5. The summed E-state index contributed by atoms with van der Waals surface area (Å²) < 4.78 is 20.3. The van der Waals surface area contributed by atoms with Gasteiger partial charge in [-0.3, -0.25) is 14.8 Å². The molecule has 0 aliphatic carbocycles. The summed E-state index contributed by atoms with van der Waals surface area (Å²) >= 11 is 0. The predicted molar refractivity (Wildman–Crippen MR) is 96.4 cm³/mol. The summed E-state index contributed by atoms with van der Waals surface area (Å²) in [6, 6.07) is 3.72. The number of anilines is 2. The van der Waals surface area contributed by atoms with E-state index in [1.54, 1.807) is 38.7 Å². The van der Waals surface area contributed by atoms with Gasteiger partial charge in [-0.1, -0.05) is 0 Å². The Labute approximate surface area is 151 Å². The number of halogens is 1. The summed E-state index contributed by atoms with van der Waals surface area (Å²) in [4.78, 5) is 24.1. The second-order valence-electron chi connectivity index (χ2n) is 6.89. The van der Waals surface area contributed by atoms with E-state index in [1.807, 2.05) is 6.20 Å². The largest absolute Gasteiger partial charge is 0.444 e. The second-order valence-corrected chi connectivity index (χ2v) is 6.89. The highest BCUT2D eigenvalue weighted by Crippen LogP contribution is 2.24. The fourth-order valence-electron chi connectivity index (χ4n) is 2.21. The highest BCUT2D eigenvalue weighted by Gasteiger charge is 2.18. The van der Waals surface area contributed by atoms with Crippen LogP contribution in [0.1, 0.15) is 32.8 Å². The molecule has 140 valence electrons. The van der Waals surface area contributed by atoms with E-state index < -0.39 is 17.5 Å². The smallest absolute Gasteiger partial charge is 0.412 e. The molecule has 0 unspecified atom stereocenters. The van der Waals surface area contributed by atoms with Crippen LogP contribution in [0.3, 0.4) is 0 Å². The molecule has 0 aliphatic rings. The molecule has 0 atom stereocenters. The minimum atomic E-state index is -0.728. The predicted octanol–water partition coefficient (Wildman–Crippen LogP) is 3.48. The molecule has 26 heavy (non-hydrogen) atoms. The number of aryl methyl sites for hydroxylation is 2. The number of ether oxygens (including phenoxy) is 1. The average molecular weight is 362 g/mol. The van der Waals surface area contributed by atoms with Crippen LogP contribution < -0.4 is 10.6 Å². The number of carbonyl (C=O) groups excluding carboxylic acids is 2. The molecular formula is C18H23FN4O3. The van der Waals surface area contributed by atoms with Gasteiger partial charge in [-0.2, -0.15) is 5.10 Å².